The van der Waals surface area contributed by atoms with E-state index in [-0.39, 0.29) is 0 Å². The first kappa shape index (κ1) is 7.64. The molecule has 59 valence electrons. The highest BCUT2D eigenvalue weighted by atomic mass is 31.0. The fourth-order valence-electron chi connectivity index (χ4n) is 1.21. The SMILES string of the molecule is Cc1c[c]c(-c2ccccc2)[pH]1. The van der Waals surface area contributed by atoms with Crippen LogP contribution in [0.5, 0.6) is 0 Å². The van der Waals surface area contributed by atoms with Crippen molar-refractivity contribution < 1.29 is 0 Å². The summed E-state index contributed by atoms with van der Waals surface area (Å²) in [5.74, 6) is 0. The Morgan fingerprint density at radius 2 is 1.92 bits per heavy atom. The average molecular weight is 173 g/mol. The van der Waals surface area contributed by atoms with Gasteiger partial charge in [-0.1, -0.05) is 30.3 Å². The fourth-order valence-corrected chi connectivity index (χ4v) is 2.20. The lowest BCUT2D eigenvalue weighted by molar-refractivity contribution is 1.63. The summed E-state index contributed by atoms with van der Waals surface area (Å²) in [5, 5.41) is 2.77. The summed E-state index contributed by atoms with van der Waals surface area (Å²) in [6, 6.07) is 15.8. The lowest BCUT2D eigenvalue weighted by Gasteiger charge is -1.94. The zero-order valence-corrected chi connectivity index (χ0v) is 7.96. The molecule has 0 N–H and O–H groups in total. The van der Waals surface area contributed by atoms with Crippen LogP contribution in [-0.2, 0) is 0 Å². The van der Waals surface area contributed by atoms with Gasteiger partial charge in [-0.2, -0.15) is 0 Å². The van der Waals surface area contributed by atoms with Crippen LogP contribution in [0, 0.1) is 13.0 Å². The largest absolute Gasteiger partial charge is 0.128 e. The van der Waals surface area contributed by atoms with E-state index in [9.17, 15) is 0 Å². The van der Waals surface area contributed by atoms with Crippen molar-refractivity contribution in [3.8, 4) is 10.9 Å². The number of aryl methyl sites for hydroxylation is 1. The standard InChI is InChI=1S/C11H10P/c1-9-7-8-11(12-9)10-5-3-2-4-6-10/h2-7,12H,1H3. The Kier molecular flexibility index (Phi) is 2.01. The Morgan fingerprint density at radius 1 is 1.17 bits per heavy atom. The third-order valence-electron chi connectivity index (χ3n) is 1.82. The summed E-state index contributed by atoms with van der Waals surface area (Å²) in [6.07, 6.45) is 0. The topological polar surface area (TPSA) is 0 Å². The van der Waals surface area contributed by atoms with E-state index in [1.807, 2.05) is 6.07 Å². The molecule has 1 radical (unpaired) electrons. The molecule has 12 heavy (non-hydrogen) atoms. The van der Waals surface area contributed by atoms with Gasteiger partial charge in [0.2, 0.25) is 0 Å². The molecule has 1 heteroatoms. The van der Waals surface area contributed by atoms with Crippen molar-refractivity contribution in [3.63, 3.8) is 0 Å². The predicted molar refractivity (Wildman–Crippen MR) is 55.0 cm³/mol. The van der Waals surface area contributed by atoms with Gasteiger partial charge >= 0.3 is 0 Å². The highest BCUT2D eigenvalue weighted by Crippen LogP contribution is 2.30. The van der Waals surface area contributed by atoms with Gasteiger partial charge in [0.15, 0.2) is 0 Å². The minimum absolute atomic E-state index is 0.818. The molecule has 0 aliphatic rings. The predicted octanol–water partition coefficient (Wildman–Crippen LogP) is 3.49. The van der Waals surface area contributed by atoms with Gasteiger partial charge in [0.1, 0.15) is 0 Å². The van der Waals surface area contributed by atoms with E-state index in [2.05, 4.69) is 43.3 Å². The van der Waals surface area contributed by atoms with Crippen LogP contribution in [0.4, 0.5) is 0 Å². The molecule has 0 spiro atoms. The first-order valence-corrected chi connectivity index (χ1v) is 4.99. The van der Waals surface area contributed by atoms with Crippen LogP contribution in [0.15, 0.2) is 36.4 Å². The normalized spacial score (nSPS) is 10.8. The molecular weight excluding hydrogens is 163 g/mol. The van der Waals surface area contributed by atoms with E-state index in [1.165, 1.54) is 16.2 Å². The monoisotopic (exact) mass is 173 g/mol. The fraction of sp³-hybridized carbons (Fsp3) is 0.0909. The van der Waals surface area contributed by atoms with Gasteiger partial charge in [-0.05, 0) is 29.9 Å². The third-order valence-corrected chi connectivity index (χ3v) is 3.04. The molecule has 0 saturated carbocycles. The van der Waals surface area contributed by atoms with E-state index in [1.54, 1.807) is 0 Å². The van der Waals surface area contributed by atoms with E-state index < -0.39 is 0 Å². The molecule has 0 aliphatic heterocycles. The summed E-state index contributed by atoms with van der Waals surface area (Å²) in [4.78, 5) is 0. The lowest BCUT2D eigenvalue weighted by Crippen LogP contribution is -1.67. The Labute approximate surface area is 74.3 Å². The Morgan fingerprint density at radius 3 is 2.50 bits per heavy atom. The van der Waals surface area contributed by atoms with Crippen LogP contribution in [0.3, 0.4) is 0 Å². The molecule has 1 unspecified atom stereocenters. The number of benzene rings is 1. The maximum atomic E-state index is 3.29. The van der Waals surface area contributed by atoms with Gasteiger partial charge in [-0.25, -0.2) is 0 Å². The second kappa shape index (κ2) is 3.16. The van der Waals surface area contributed by atoms with Crippen molar-refractivity contribution in [1.29, 1.82) is 0 Å². The van der Waals surface area contributed by atoms with Crippen LogP contribution in [0.25, 0.3) is 10.9 Å². The zero-order valence-electron chi connectivity index (χ0n) is 6.96. The molecule has 0 aliphatic carbocycles. The first-order chi connectivity index (χ1) is 5.86. The van der Waals surface area contributed by atoms with Gasteiger partial charge < -0.3 is 0 Å². The number of hydrogen-bond donors (Lipinski definition) is 0. The molecule has 1 atom stereocenters. The van der Waals surface area contributed by atoms with Crippen molar-refractivity contribution in [1.82, 2.24) is 0 Å². The van der Waals surface area contributed by atoms with Gasteiger partial charge in [0.05, 0.1) is 0 Å². The van der Waals surface area contributed by atoms with Gasteiger partial charge in [0.25, 0.3) is 0 Å². The minimum Gasteiger partial charge on any atom is -0.128 e. The Bertz CT molecular complexity index is 360. The van der Waals surface area contributed by atoms with Crippen molar-refractivity contribution in [2.45, 2.75) is 6.92 Å². The highest BCUT2D eigenvalue weighted by molar-refractivity contribution is 7.34. The quantitative estimate of drug-likeness (QED) is 0.619. The Balaban J connectivity index is 2.45. The first-order valence-electron chi connectivity index (χ1n) is 3.99. The molecule has 2 rings (SSSR count). The molecule has 0 nitrogen and oxygen atoms in total. The maximum Gasteiger partial charge on any atom is 0.00630 e. The summed E-state index contributed by atoms with van der Waals surface area (Å²) >= 11 is 0. The molecule has 1 aromatic carbocycles. The summed E-state index contributed by atoms with van der Waals surface area (Å²) in [6.45, 7) is 2.15. The second-order valence-corrected chi connectivity index (χ2v) is 4.38. The van der Waals surface area contributed by atoms with Gasteiger partial charge in [0, 0.05) is 5.30 Å². The van der Waals surface area contributed by atoms with Crippen molar-refractivity contribution in [2.24, 2.45) is 0 Å². The smallest absolute Gasteiger partial charge is 0.00630 e. The molecule has 0 amide bonds. The van der Waals surface area contributed by atoms with Crippen molar-refractivity contribution in [2.75, 3.05) is 0 Å². The zero-order chi connectivity index (χ0) is 8.39. The van der Waals surface area contributed by atoms with Gasteiger partial charge in [-0.3, -0.25) is 0 Å². The average Bonchev–Trinajstić information content (AvgIpc) is 2.54. The molecule has 1 heterocycles. The van der Waals surface area contributed by atoms with Crippen LogP contribution in [0.2, 0.25) is 0 Å². The highest BCUT2D eigenvalue weighted by Gasteiger charge is 1.96. The Hall–Kier alpha value is -1.000. The maximum absolute atomic E-state index is 3.29. The minimum atomic E-state index is 0.818. The molecular formula is C11H10P. The molecule has 1 aromatic heterocycles. The molecule has 0 bridgehead atoms. The van der Waals surface area contributed by atoms with Crippen LogP contribution in [0.1, 0.15) is 5.30 Å². The van der Waals surface area contributed by atoms with Crippen molar-refractivity contribution in [3.05, 3.63) is 47.8 Å². The van der Waals surface area contributed by atoms with E-state index in [0.29, 0.717) is 0 Å². The summed E-state index contributed by atoms with van der Waals surface area (Å²) in [7, 11) is 0.818. The number of hydrogen-bond acceptors (Lipinski definition) is 0. The van der Waals surface area contributed by atoms with Crippen molar-refractivity contribution >= 4 is 8.19 Å². The van der Waals surface area contributed by atoms with E-state index >= 15 is 0 Å². The second-order valence-electron chi connectivity index (χ2n) is 2.84. The van der Waals surface area contributed by atoms with Crippen LogP contribution in [-0.4, -0.2) is 0 Å². The summed E-state index contributed by atoms with van der Waals surface area (Å²) < 4.78 is 0. The molecule has 0 fully saturated rings. The van der Waals surface area contributed by atoms with Crippen LogP contribution < -0.4 is 0 Å². The van der Waals surface area contributed by atoms with Gasteiger partial charge in [-0.15, -0.1) is 8.19 Å². The number of rotatable bonds is 1. The van der Waals surface area contributed by atoms with Crippen LogP contribution >= 0.6 is 8.19 Å². The van der Waals surface area contributed by atoms with E-state index in [0.717, 1.165) is 8.19 Å². The molecule has 0 saturated heterocycles. The lowest BCUT2D eigenvalue weighted by atomic mass is 10.2. The third kappa shape index (κ3) is 1.44. The molecule has 2 aromatic rings. The summed E-state index contributed by atoms with van der Waals surface area (Å²) in [5.41, 5.74) is 1.31. The van der Waals surface area contributed by atoms with E-state index in [4.69, 9.17) is 0 Å².